The number of anilines is 1. The third-order valence-electron chi connectivity index (χ3n) is 2.74. The molecule has 0 amide bonds. The van der Waals surface area contributed by atoms with Crippen molar-refractivity contribution in [3.8, 4) is 0 Å². The maximum atomic E-state index is 11.2. The molecule has 0 aromatic carbocycles. The van der Waals surface area contributed by atoms with Gasteiger partial charge in [-0.05, 0) is 25.7 Å². The summed E-state index contributed by atoms with van der Waals surface area (Å²) >= 11 is 0. The fraction of sp³-hybridized carbons (Fsp3) is 0.636. The number of nitrogens with zero attached hydrogens (tertiary/aromatic N) is 1. The van der Waals surface area contributed by atoms with Gasteiger partial charge in [0.25, 0.3) is 5.56 Å². The van der Waals surface area contributed by atoms with Crippen molar-refractivity contribution in [1.29, 1.82) is 0 Å². The summed E-state index contributed by atoms with van der Waals surface area (Å²) in [4.78, 5) is 18.0. The Labute approximate surface area is 94.2 Å². The van der Waals surface area contributed by atoms with Crippen LogP contribution < -0.4 is 10.9 Å². The maximum absolute atomic E-state index is 11.2. The standard InChI is InChI=1S/C11H17N3O2/c1-8-13-10(6-11(15)14-8)12-4-2-9-3-5-16-7-9/h6,9H,2-5,7H2,1H3,(H2,12,13,14,15). The van der Waals surface area contributed by atoms with Gasteiger partial charge in [-0.15, -0.1) is 0 Å². The first-order chi connectivity index (χ1) is 7.74. The summed E-state index contributed by atoms with van der Waals surface area (Å²) in [6, 6.07) is 1.48. The minimum atomic E-state index is -0.112. The highest BCUT2D eigenvalue weighted by atomic mass is 16.5. The van der Waals surface area contributed by atoms with Gasteiger partial charge in [0.05, 0.1) is 0 Å². The van der Waals surface area contributed by atoms with E-state index in [2.05, 4.69) is 15.3 Å². The van der Waals surface area contributed by atoms with E-state index in [0.717, 1.165) is 32.6 Å². The molecule has 5 heteroatoms. The Morgan fingerprint density at radius 2 is 2.56 bits per heavy atom. The zero-order valence-corrected chi connectivity index (χ0v) is 9.45. The number of rotatable bonds is 4. The van der Waals surface area contributed by atoms with Crippen molar-refractivity contribution in [3.05, 3.63) is 22.2 Å². The molecule has 0 spiro atoms. The summed E-state index contributed by atoms with van der Waals surface area (Å²) in [6.07, 6.45) is 2.21. The molecule has 1 unspecified atom stereocenters. The van der Waals surface area contributed by atoms with E-state index in [1.807, 2.05) is 0 Å². The maximum Gasteiger partial charge on any atom is 0.252 e. The first-order valence-electron chi connectivity index (χ1n) is 5.63. The lowest BCUT2D eigenvalue weighted by molar-refractivity contribution is 0.185. The molecule has 1 aromatic rings. The van der Waals surface area contributed by atoms with Gasteiger partial charge in [0, 0.05) is 25.8 Å². The van der Waals surface area contributed by atoms with E-state index in [0.29, 0.717) is 17.6 Å². The van der Waals surface area contributed by atoms with E-state index < -0.39 is 0 Å². The summed E-state index contributed by atoms with van der Waals surface area (Å²) < 4.78 is 5.30. The quantitative estimate of drug-likeness (QED) is 0.796. The van der Waals surface area contributed by atoms with E-state index in [1.54, 1.807) is 6.92 Å². The third kappa shape index (κ3) is 3.06. The SMILES string of the molecule is Cc1nc(NCCC2CCOC2)cc(=O)[nH]1. The van der Waals surface area contributed by atoms with Gasteiger partial charge in [0.2, 0.25) is 0 Å². The van der Waals surface area contributed by atoms with E-state index in [9.17, 15) is 4.79 Å². The largest absolute Gasteiger partial charge is 0.381 e. The van der Waals surface area contributed by atoms with Crippen LogP contribution in [0.1, 0.15) is 18.7 Å². The average Bonchev–Trinajstić information content (AvgIpc) is 2.69. The van der Waals surface area contributed by atoms with Gasteiger partial charge in [-0.25, -0.2) is 4.98 Å². The molecule has 2 heterocycles. The van der Waals surface area contributed by atoms with E-state index in [1.165, 1.54) is 6.07 Å². The summed E-state index contributed by atoms with van der Waals surface area (Å²) in [5, 5.41) is 3.17. The lowest BCUT2D eigenvalue weighted by Gasteiger charge is -2.09. The van der Waals surface area contributed by atoms with Crippen LogP contribution in [0.5, 0.6) is 0 Å². The monoisotopic (exact) mass is 223 g/mol. The molecule has 1 saturated heterocycles. The number of hydrogen-bond donors (Lipinski definition) is 2. The molecule has 16 heavy (non-hydrogen) atoms. The second-order valence-electron chi connectivity index (χ2n) is 4.16. The molecule has 1 aromatic heterocycles. The molecular weight excluding hydrogens is 206 g/mol. The van der Waals surface area contributed by atoms with Crippen molar-refractivity contribution in [1.82, 2.24) is 9.97 Å². The van der Waals surface area contributed by atoms with Crippen LogP contribution >= 0.6 is 0 Å². The molecule has 1 fully saturated rings. The van der Waals surface area contributed by atoms with Crippen molar-refractivity contribution < 1.29 is 4.74 Å². The normalized spacial score (nSPS) is 19.9. The van der Waals surface area contributed by atoms with Crippen molar-refractivity contribution in [2.24, 2.45) is 5.92 Å². The number of hydrogen-bond acceptors (Lipinski definition) is 4. The molecule has 2 N–H and O–H groups in total. The molecule has 1 aliphatic heterocycles. The number of H-pyrrole nitrogens is 1. The number of ether oxygens (including phenoxy) is 1. The second kappa shape index (κ2) is 5.12. The van der Waals surface area contributed by atoms with E-state index in [4.69, 9.17) is 4.74 Å². The van der Waals surface area contributed by atoms with Crippen LogP contribution in [0, 0.1) is 12.8 Å². The molecule has 1 aliphatic rings. The summed E-state index contributed by atoms with van der Waals surface area (Å²) in [6.45, 7) is 4.36. The van der Waals surface area contributed by atoms with Gasteiger partial charge in [-0.3, -0.25) is 4.79 Å². The number of nitrogens with one attached hydrogen (secondary N) is 2. The Bertz CT molecular complexity index is 396. The molecule has 1 atom stereocenters. The topological polar surface area (TPSA) is 67.0 Å². The summed E-state index contributed by atoms with van der Waals surface area (Å²) in [7, 11) is 0. The zero-order chi connectivity index (χ0) is 11.4. The van der Waals surface area contributed by atoms with Gasteiger partial charge in [0.1, 0.15) is 11.6 Å². The lowest BCUT2D eigenvalue weighted by Crippen LogP contribution is -2.14. The highest BCUT2D eigenvalue weighted by Crippen LogP contribution is 2.15. The van der Waals surface area contributed by atoms with Gasteiger partial charge in [0.15, 0.2) is 0 Å². The number of aromatic amines is 1. The second-order valence-corrected chi connectivity index (χ2v) is 4.16. The fourth-order valence-corrected chi connectivity index (χ4v) is 1.89. The summed E-state index contributed by atoms with van der Waals surface area (Å²) in [5.74, 6) is 1.94. The molecule has 2 rings (SSSR count). The Balaban J connectivity index is 1.82. The minimum Gasteiger partial charge on any atom is -0.381 e. The van der Waals surface area contributed by atoms with E-state index >= 15 is 0 Å². The Hall–Kier alpha value is -1.36. The van der Waals surface area contributed by atoms with Gasteiger partial charge in [-0.1, -0.05) is 0 Å². The molecule has 0 aliphatic carbocycles. The van der Waals surface area contributed by atoms with Crippen molar-refractivity contribution in [2.45, 2.75) is 19.8 Å². The van der Waals surface area contributed by atoms with Crippen molar-refractivity contribution in [3.63, 3.8) is 0 Å². The Morgan fingerprint density at radius 1 is 1.69 bits per heavy atom. The van der Waals surface area contributed by atoms with Gasteiger partial charge < -0.3 is 15.0 Å². The van der Waals surface area contributed by atoms with Crippen LogP contribution in [0.25, 0.3) is 0 Å². The first-order valence-corrected chi connectivity index (χ1v) is 5.63. The lowest BCUT2D eigenvalue weighted by atomic mass is 10.1. The molecular formula is C11H17N3O2. The average molecular weight is 223 g/mol. The molecule has 0 radical (unpaired) electrons. The highest BCUT2D eigenvalue weighted by molar-refractivity contribution is 5.32. The Morgan fingerprint density at radius 3 is 3.25 bits per heavy atom. The van der Waals surface area contributed by atoms with Crippen LogP contribution in [0.2, 0.25) is 0 Å². The zero-order valence-electron chi connectivity index (χ0n) is 9.45. The van der Waals surface area contributed by atoms with Crippen LogP contribution in [-0.4, -0.2) is 29.7 Å². The minimum absolute atomic E-state index is 0.112. The van der Waals surface area contributed by atoms with Crippen molar-refractivity contribution in [2.75, 3.05) is 25.1 Å². The fourth-order valence-electron chi connectivity index (χ4n) is 1.89. The summed E-state index contributed by atoms with van der Waals surface area (Å²) in [5.41, 5.74) is -0.112. The van der Waals surface area contributed by atoms with Gasteiger partial charge in [-0.2, -0.15) is 0 Å². The third-order valence-corrected chi connectivity index (χ3v) is 2.74. The van der Waals surface area contributed by atoms with Crippen LogP contribution in [0.15, 0.2) is 10.9 Å². The van der Waals surface area contributed by atoms with Gasteiger partial charge >= 0.3 is 0 Å². The molecule has 88 valence electrons. The van der Waals surface area contributed by atoms with Crippen LogP contribution in [0.4, 0.5) is 5.82 Å². The van der Waals surface area contributed by atoms with E-state index in [-0.39, 0.29) is 5.56 Å². The first kappa shape index (κ1) is 11.1. The predicted molar refractivity (Wildman–Crippen MR) is 61.6 cm³/mol. The number of aryl methyl sites for hydroxylation is 1. The molecule has 0 saturated carbocycles. The molecule has 5 nitrogen and oxygen atoms in total. The molecule has 0 bridgehead atoms. The van der Waals surface area contributed by atoms with Crippen molar-refractivity contribution >= 4 is 5.82 Å². The Kier molecular flexibility index (Phi) is 3.56. The van der Waals surface area contributed by atoms with Crippen LogP contribution in [0.3, 0.4) is 0 Å². The highest BCUT2D eigenvalue weighted by Gasteiger charge is 2.14. The van der Waals surface area contributed by atoms with Crippen LogP contribution in [-0.2, 0) is 4.74 Å². The predicted octanol–water partition coefficient (Wildman–Crippen LogP) is 0.917. The smallest absolute Gasteiger partial charge is 0.252 e. The number of aromatic nitrogens is 2.